The van der Waals surface area contributed by atoms with Crippen molar-refractivity contribution >= 4 is 35.8 Å². The third kappa shape index (κ3) is 3.37. The van der Waals surface area contributed by atoms with Crippen molar-refractivity contribution in [2.24, 2.45) is 0 Å². The van der Waals surface area contributed by atoms with Gasteiger partial charge in [-0.3, -0.25) is 10.1 Å². The van der Waals surface area contributed by atoms with E-state index in [1.807, 2.05) is 38.2 Å². The maximum atomic E-state index is 12.1. The van der Waals surface area contributed by atoms with E-state index in [4.69, 9.17) is 0 Å². The van der Waals surface area contributed by atoms with Crippen LogP contribution in [0.4, 0.5) is 5.69 Å². The van der Waals surface area contributed by atoms with Gasteiger partial charge in [-0.25, -0.2) is 0 Å². The van der Waals surface area contributed by atoms with E-state index in [1.54, 1.807) is 16.7 Å². The fourth-order valence-electron chi connectivity index (χ4n) is 1.75. The Kier molecular flexibility index (Phi) is 5.31. The van der Waals surface area contributed by atoms with Crippen LogP contribution in [0.2, 0.25) is 0 Å². The summed E-state index contributed by atoms with van der Waals surface area (Å²) in [5, 5.41) is 3.19. The van der Waals surface area contributed by atoms with Gasteiger partial charge in [0, 0.05) is 24.4 Å². The lowest BCUT2D eigenvalue weighted by Gasteiger charge is -2.21. The molecule has 94 valence electrons. The molecule has 1 aromatic carbocycles. The summed E-state index contributed by atoms with van der Waals surface area (Å²) in [7, 11) is 1.84. The Labute approximate surface area is 112 Å². The average molecular weight is 273 g/mol. The van der Waals surface area contributed by atoms with Crippen molar-refractivity contribution in [3.8, 4) is 0 Å². The lowest BCUT2D eigenvalue weighted by Crippen LogP contribution is -2.43. The third-order valence-electron chi connectivity index (χ3n) is 2.73. The lowest BCUT2D eigenvalue weighted by molar-refractivity contribution is -0.119. The lowest BCUT2D eigenvalue weighted by atomic mass is 10.2. The van der Waals surface area contributed by atoms with E-state index in [2.05, 4.69) is 5.32 Å². The molecule has 0 aromatic heterocycles. The van der Waals surface area contributed by atoms with Crippen molar-refractivity contribution in [2.45, 2.75) is 13.0 Å². The summed E-state index contributed by atoms with van der Waals surface area (Å²) in [6.07, 6.45) is 0. The molecule has 1 fully saturated rings. The van der Waals surface area contributed by atoms with Gasteiger partial charge < -0.3 is 4.90 Å². The highest BCUT2D eigenvalue weighted by atomic mass is 35.5. The summed E-state index contributed by atoms with van der Waals surface area (Å²) < 4.78 is 0. The molecular formula is C12H17ClN2OS. The number of halogens is 1. The van der Waals surface area contributed by atoms with E-state index in [1.165, 1.54) is 5.56 Å². The van der Waals surface area contributed by atoms with Gasteiger partial charge in [0.05, 0.1) is 6.04 Å². The number of hydrogen-bond acceptors (Lipinski definition) is 3. The summed E-state index contributed by atoms with van der Waals surface area (Å²) in [6, 6.07) is 7.97. The summed E-state index contributed by atoms with van der Waals surface area (Å²) in [5.41, 5.74) is 2.13. The maximum absolute atomic E-state index is 12.1. The van der Waals surface area contributed by atoms with E-state index < -0.39 is 0 Å². The standard InChI is InChI=1S/C12H16N2OS.ClH/c1-9-4-3-5-10(6-9)14(2)12(15)11-7-16-8-13-11;/h3-6,11,13H,7-8H2,1-2H3;1H. The number of rotatable bonds is 2. The number of amides is 1. The zero-order chi connectivity index (χ0) is 11.5. The van der Waals surface area contributed by atoms with Crippen LogP contribution in [0.3, 0.4) is 0 Å². The Morgan fingerprint density at radius 3 is 2.88 bits per heavy atom. The molecule has 0 bridgehead atoms. The number of aryl methyl sites for hydroxylation is 1. The molecule has 1 heterocycles. The molecule has 0 aliphatic carbocycles. The largest absolute Gasteiger partial charge is 0.314 e. The number of nitrogens with one attached hydrogen (secondary N) is 1. The van der Waals surface area contributed by atoms with Crippen LogP contribution >= 0.6 is 24.2 Å². The Bertz CT molecular complexity index is 394. The number of thioether (sulfide) groups is 1. The second-order valence-corrected chi connectivity index (χ2v) is 5.04. The monoisotopic (exact) mass is 272 g/mol. The normalized spacial score (nSPS) is 18.6. The Balaban J connectivity index is 0.00000144. The van der Waals surface area contributed by atoms with Gasteiger partial charge >= 0.3 is 0 Å². The second-order valence-electron chi connectivity index (χ2n) is 4.01. The highest BCUT2D eigenvalue weighted by molar-refractivity contribution is 7.99. The van der Waals surface area contributed by atoms with Crippen molar-refractivity contribution in [3.63, 3.8) is 0 Å². The van der Waals surface area contributed by atoms with Crippen LogP contribution < -0.4 is 10.2 Å². The van der Waals surface area contributed by atoms with Gasteiger partial charge in [0.1, 0.15) is 0 Å². The van der Waals surface area contributed by atoms with Crippen molar-refractivity contribution in [2.75, 3.05) is 23.6 Å². The number of nitrogens with zero attached hydrogens (tertiary/aromatic N) is 1. The quantitative estimate of drug-likeness (QED) is 0.894. The van der Waals surface area contributed by atoms with E-state index in [0.29, 0.717) is 0 Å². The molecule has 0 spiro atoms. The first kappa shape index (κ1) is 14.4. The number of benzene rings is 1. The van der Waals surface area contributed by atoms with E-state index >= 15 is 0 Å². The van der Waals surface area contributed by atoms with Crippen LogP contribution in [0.1, 0.15) is 5.56 Å². The fraction of sp³-hybridized carbons (Fsp3) is 0.417. The number of hydrogen-bond donors (Lipinski definition) is 1. The highest BCUT2D eigenvalue weighted by Crippen LogP contribution is 2.18. The van der Waals surface area contributed by atoms with Gasteiger partial charge in [-0.05, 0) is 24.6 Å². The van der Waals surface area contributed by atoms with Crippen LogP contribution in [-0.2, 0) is 4.79 Å². The van der Waals surface area contributed by atoms with Gasteiger partial charge in [-0.15, -0.1) is 24.2 Å². The SMILES string of the molecule is Cc1cccc(N(C)C(=O)C2CSCN2)c1.Cl. The zero-order valence-electron chi connectivity index (χ0n) is 9.97. The highest BCUT2D eigenvalue weighted by Gasteiger charge is 2.25. The van der Waals surface area contributed by atoms with Gasteiger partial charge in [-0.1, -0.05) is 12.1 Å². The minimum atomic E-state index is -0.0319. The topological polar surface area (TPSA) is 32.3 Å². The van der Waals surface area contributed by atoms with Crippen LogP contribution in [0.25, 0.3) is 0 Å². The number of likely N-dealkylation sites (N-methyl/N-ethyl adjacent to an activating group) is 1. The molecular weight excluding hydrogens is 256 g/mol. The molecule has 1 atom stereocenters. The first-order valence-corrected chi connectivity index (χ1v) is 6.49. The van der Waals surface area contributed by atoms with Gasteiger partial charge in [0.25, 0.3) is 0 Å². The average Bonchev–Trinajstić information content (AvgIpc) is 2.80. The van der Waals surface area contributed by atoms with Crippen molar-refractivity contribution in [3.05, 3.63) is 29.8 Å². The van der Waals surface area contributed by atoms with Crippen LogP contribution in [0.15, 0.2) is 24.3 Å². The molecule has 0 radical (unpaired) electrons. The molecule has 1 aromatic rings. The minimum Gasteiger partial charge on any atom is -0.314 e. The first-order valence-electron chi connectivity index (χ1n) is 5.34. The second kappa shape index (κ2) is 6.28. The molecule has 1 amide bonds. The molecule has 1 N–H and O–H groups in total. The van der Waals surface area contributed by atoms with E-state index in [-0.39, 0.29) is 24.4 Å². The predicted octanol–water partition coefficient (Wildman–Crippen LogP) is 2.04. The number of carbonyl (C=O) groups is 1. The fourth-order valence-corrected chi connectivity index (χ4v) is 2.68. The molecule has 1 unspecified atom stereocenters. The van der Waals surface area contributed by atoms with Gasteiger partial charge in [-0.2, -0.15) is 0 Å². The Hall–Kier alpha value is -0.710. The molecule has 1 aliphatic rings. The maximum Gasteiger partial charge on any atom is 0.244 e. The molecule has 17 heavy (non-hydrogen) atoms. The predicted molar refractivity (Wildman–Crippen MR) is 76.1 cm³/mol. The van der Waals surface area contributed by atoms with Crippen LogP contribution in [0, 0.1) is 6.92 Å². The smallest absolute Gasteiger partial charge is 0.244 e. The number of anilines is 1. The Morgan fingerprint density at radius 1 is 1.53 bits per heavy atom. The first-order chi connectivity index (χ1) is 7.68. The zero-order valence-corrected chi connectivity index (χ0v) is 11.6. The van der Waals surface area contributed by atoms with Crippen molar-refractivity contribution in [1.29, 1.82) is 0 Å². The minimum absolute atomic E-state index is 0. The summed E-state index contributed by atoms with van der Waals surface area (Å²) in [4.78, 5) is 13.8. The van der Waals surface area contributed by atoms with Crippen molar-refractivity contribution < 1.29 is 4.79 Å². The van der Waals surface area contributed by atoms with E-state index in [0.717, 1.165) is 17.3 Å². The molecule has 5 heteroatoms. The summed E-state index contributed by atoms with van der Waals surface area (Å²) >= 11 is 1.77. The molecule has 1 saturated heterocycles. The molecule has 1 aliphatic heterocycles. The van der Waals surface area contributed by atoms with Gasteiger partial charge in [0.15, 0.2) is 0 Å². The van der Waals surface area contributed by atoms with Crippen molar-refractivity contribution in [1.82, 2.24) is 5.32 Å². The van der Waals surface area contributed by atoms with Crippen LogP contribution in [-0.4, -0.2) is 30.6 Å². The molecule has 3 nitrogen and oxygen atoms in total. The third-order valence-corrected chi connectivity index (χ3v) is 3.67. The van der Waals surface area contributed by atoms with Crippen LogP contribution in [0.5, 0.6) is 0 Å². The van der Waals surface area contributed by atoms with E-state index in [9.17, 15) is 4.79 Å². The molecule has 2 rings (SSSR count). The summed E-state index contributed by atoms with van der Waals surface area (Å²) in [5.74, 6) is 1.89. The van der Waals surface area contributed by atoms with Gasteiger partial charge in [0.2, 0.25) is 5.91 Å². The molecule has 0 saturated carbocycles. The number of carbonyl (C=O) groups excluding carboxylic acids is 1. The Morgan fingerprint density at radius 2 is 2.29 bits per heavy atom. The summed E-state index contributed by atoms with van der Waals surface area (Å²) in [6.45, 7) is 2.03.